The van der Waals surface area contributed by atoms with Crippen molar-refractivity contribution in [3.63, 3.8) is 0 Å². The Hall–Kier alpha value is -1.45. The fourth-order valence-electron chi connectivity index (χ4n) is 1.62. The monoisotopic (exact) mass is 260 g/mol. The van der Waals surface area contributed by atoms with Gasteiger partial charge in [-0.05, 0) is 30.7 Å². The van der Waals surface area contributed by atoms with Crippen LogP contribution in [-0.2, 0) is 4.74 Å². The molecule has 18 heavy (non-hydrogen) atoms. The third kappa shape index (κ3) is 3.28. The summed E-state index contributed by atoms with van der Waals surface area (Å²) in [6, 6.07) is 16.4. The maximum atomic E-state index is 5.65. The van der Waals surface area contributed by atoms with Gasteiger partial charge in [0, 0.05) is 12.0 Å². The van der Waals surface area contributed by atoms with Crippen molar-refractivity contribution in [1.82, 2.24) is 0 Å². The Balaban J connectivity index is 2.24. The lowest BCUT2D eigenvalue weighted by atomic mass is 10.2. The molecule has 2 nitrogen and oxygen atoms in total. The fourth-order valence-corrected chi connectivity index (χ4v) is 2.63. The number of rotatable bonds is 5. The molecule has 0 bridgehead atoms. The zero-order chi connectivity index (χ0) is 12.8. The SMILES string of the molecule is COCOc1c(C)cccc1Sc1ccccc1. The minimum Gasteiger partial charge on any atom is -0.466 e. The zero-order valence-electron chi connectivity index (χ0n) is 10.6. The van der Waals surface area contributed by atoms with Gasteiger partial charge in [0.25, 0.3) is 0 Å². The molecule has 0 saturated carbocycles. The minimum absolute atomic E-state index is 0.271. The van der Waals surface area contributed by atoms with E-state index in [1.54, 1.807) is 18.9 Å². The first-order valence-electron chi connectivity index (χ1n) is 5.75. The van der Waals surface area contributed by atoms with E-state index in [1.807, 2.05) is 37.3 Å². The van der Waals surface area contributed by atoms with E-state index < -0.39 is 0 Å². The summed E-state index contributed by atoms with van der Waals surface area (Å²) >= 11 is 1.70. The third-order valence-electron chi connectivity index (χ3n) is 2.47. The van der Waals surface area contributed by atoms with Crippen LogP contribution < -0.4 is 4.74 Å². The highest BCUT2D eigenvalue weighted by Gasteiger charge is 2.08. The van der Waals surface area contributed by atoms with E-state index in [9.17, 15) is 0 Å². The van der Waals surface area contributed by atoms with Gasteiger partial charge in [0.05, 0.1) is 4.90 Å². The number of aryl methyl sites for hydroxylation is 1. The molecule has 0 fully saturated rings. The smallest absolute Gasteiger partial charge is 0.188 e. The van der Waals surface area contributed by atoms with Crippen molar-refractivity contribution < 1.29 is 9.47 Å². The average molecular weight is 260 g/mol. The second kappa shape index (κ2) is 6.47. The van der Waals surface area contributed by atoms with Gasteiger partial charge in [0.2, 0.25) is 0 Å². The Morgan fingerprint density at radius 2 is 1.78 bits per heavy atom. The number of ether oxygens (including phenoxy) is 2. The van der Waals surface area contributed by atoms with Gasteiger partial charge in [0.1, 0.15) is 5.75 Å². The maximum absolute atomic E-state index is 5.65. The van der Waals surface area contributed by atoms with E-state index in [2.05, 4.69) is 18.2 Å². The predicted molar refractivity (Wildman–Crippen MR) is 74.2 cm³/mol. The van der Waals surface area contributed by atoms with Crippen molar-refractivity contribution >= 4 is 11.8 Å². The minimum atomic E-state index is 0.271. The molecule has 0 unspecified atom stereocenters. The molecule has 2 aromatic rings. The van der Waals surface area contributed by atoms with Gasteiger partial charge in [-0.25, -0.2) is 0 Å². The zero-order valence-corrected chi connectivity index (χ0v) is 11.4. The van der Waals surface area contributed by atoms with Gasteiger partial charge in [-0.15, -0.1) is 0 Å². The molecule has 0 radical (unpaired) electrons. The first kappa shape index (κ1) is 13.0. The van der Waals surface area contributed by atoms with E-state index in [1.165, 1.54) is 4.90 Å². The van der Waals surface area contributed by atoms with E-state index in [0.717, 1.165) is 16.2 Å². The molecule has 2 aromatic carbocycles. The molecule has 0 N–H and O–H groups in total. The normalized spacial score (nSPS) is 10.3. The van der Waals surface area contributed by atoms with Crippen molar-refractivity contribution in [2.24, 2.45) is 0 Å². The second-order valence-corrected chi connectivity index (χ2v) is 4.98. The highest BCUT2D eigenvalue weighted by atomic mass is 32.2. The van der Waals surface area contributed by atoms with Crippen LogP contribution in [0.15, 0.2) is 58.3 Å². The molecule has 94 valence electrons. The summed E-state index contributed by atoms with van der Waals surface area (Å²) in [6.45, 7) is 2.31. The molecule has 0 aliphatic heterocycles. The molecule has 0 atom stereocenters. The maximum Gasteiger partial charge on any atom is 0.188 e. The van der Waals surface area contributed by atoms with Crippen LogP contribution in [0.2, 0.25) is 0 Å². The molecular weight excluding hydrogens is 244 g/mol. The van der Waals surface area contributed by atoms with Crippen molar-refractivity contribution in [2.75, 3.05) is 13.9 Å². The number of para-hydroxylation sites is 1. The Morgan fingerprint density at radius 3 is 2.50 bits per heavy atom. The van der Waals surface area contributed by atoms with Crippen LogP contribution >= 0.6 is 11.8 Å². The van der Waals surface area contributed by atoms with E-state index in [-0.39, 0.29) is 6.79 Å². The Labute approximate surface area is 112 Å². The molecule has 0 amide bonds. The van der Waals surface area contributed by atoms with Crippen molar-refractivity contribution in [3.05, 3.63) is 54.1 Å². The van der Waals surface area contributed by atoms with Crippen LogP contribution in [0.5, 0.6) is 5.75 Å². The van der Waals surface area contributed by atoms with Gasteiger partial charge in [-0.2, -0.15) is 0 Å². The molecule has 0 aromatic heterocycles. The summed E-state index contributed by atoms with van der Waals surface area (Å²) < 4.78 is 10.6. The number of hydrogen-bond donors (Lipinski definition) is 0. The summed E-state index contributed by atoms with van der Waals surface area (Å²) in [7, 11) is 1.63. The van der Waals surface area contributed by atoms with Gasteiger partial charge >= 0.3 is 0 Å². The number of benzene rings is 2. The highest BCUT2D eigenvalue weighted by molar-refractivity contribution is 7.99. The van der Waals surface area contributed by atoms with Gasteiger partial charge < -0.3 is 9.47 Å². The number of methoxy groups -OCH3 is 1. The van der Waals surface area contributed by atoms with E-state index >= 15 is 0 Å². The van der Waals surface area contributed by atoms with Crippen LogP contribution in [0.1, 0.15) is 5.56 Å². The molecule has 0 spiro atoms. The summed E-state index contributed by atoms with van der Waals surface area (Å²) in [6.07, 6.45) is 0. The fraction of sp³-hybridized carbons (Fsp3) is 0.200. The topological polar surface area (TPSA) is 18.5 Å². The summed E-state index contributed by atoms with van der Waals surface area (Å²) in [4.78, 5) is 2.31. The lowest BCUT2D eigenvalue weighted by molar-refractivity contribution is 0.0486. The summed E-state index contributed by atoms with van der Waals surface area (Å²) in [5, 5.41) is 0. The van der Waals surface area contributed by atoms with Gasteiger partial charge in [-0.1, -0.05) is 42.1 Å². The Bertz CT molecular complexity index is 497. The summed E-state index contributed by atoms with van der Waals surface area (Å²) in [5.74, 6) is 0.896. The lowest BCUT2D eigenvalue weighted by Gasteiger charge is -2.12. The molecule has 0 aliphatic rings. The molecule has 0 heterocycles. The Kier molecular flexibility index (Phi) is 4.67. The van der Waals surface area contributed by atoms with Crippen LogP contribution in [0.3, 0.4) is 0 Å². The largest absolute Gasteiger partial charge is 0.466 e. The highest BCUT2D eigenvalue weighted by Crippen LogP contribution is 2.36. The van der Waals surface area contributed by atoms with Crippen LogP contribution in [-0.4, -0.2) is 13.9 Å². The molecule has 0 aliphatic carbocycles. The number of hydrogen-bond acceptors (Lipinski definition) is 3. The standard InChI is InChI=1S/C15H16O2S/c1-12-7-6-10-14(15(12)17-11-16-2)18-13-8-4-3-5-9-13/h3-10H,11H2,1-2H3. The second-order valence-electron chi connectivity index (χ2n) is 3.87. The van der Waals surface area contributed by atoms with E-state index in [0.29, 0.717) is 0 Å². The van der Waals surface area contributed by atoms with Crippen molar-refractivity contribution in [1.29, 1.82) is 0 Å². The summed E-state index contributed by atoms with van der Waals surface area (Å²) in [5.41, 5.74) is 1.12. The van der Waals surface area contributed by atoms with Crippen molar-refractivity contribution in [3.8, 4) is 5.75 Å². The first-order chi connectivity index (χ1) is 8.81. The lowest BCUT2D eigenvalue weighted by Crippen LogP contribution is -2.01. The van der Waals surface area contributed by atoms with Gasteiger partial charge in [0.15, 0.2) is 6.79 Å². The predicted octanol–water partition coefficient (Wildman–Crippen LogP) is 4.13. The van der Waals surface area contributed by atoms with Crippen LogP contribution in [0, 0.1) is 6.92 Å². The van der Waals surface area contributed by atoms with Crippen molar-refractivity contribution in [2.45, 2.75) is 16.7 Å². The average Bonchev–Trinajstić information content (AvgIpc) is 2.39. The van der Waals surface area contributed by atoms with Gasteiger partial charge in [-0.3, -0.25) is 0 Å². The Morgan fingerprint density at radius 1 is 1.00 bits per heavy atom. The molecule has 2 rings (SSSR count). The molecule has 0 saturated heterocycles. The third-order valence-corrected chi connectivity index (χ3v) is 3.52. The van der Waals surface area contributed by atoms with E-state index in [4.69, 9.17) is 9.47 Å². The molecule has 3 heteroatoms. The molecular formula is C15H16O2S. The van der Waals surface area contributed by atoms with Crippen LogP contribution in [0.4, 0.5) is 0 Å². The first-order valence-corrected chi connectivity index (χ1v) is 6.57. The van der Waals surface area contributed by atoms with Crippen LogP contribution in [0.25, 0.3) is 0 Å². The quantitative estimate of drug-likeness (QED) is 0.753.